The zero-order chi connectivity index (χ0) is 13.4. The van der Waals surface area contributed by atoms with Crippen molar-refractivity contribution in [1.82, 2.24) is 10.2 Å². The van der Waals surface area contributed by atoms with Gasteiger partial charge in [0.15, 0.2) is 0 Å². The minimum absolute atomic E-state index is 0.0119. The summed E-state index contributed by atoms with van der Waals surface area (Å²) in [5, 5.41) is 4.48. The largest absolute Gasteiger partial charge is 0.337 e. The first-order chi connectivity index (χ1) is 9.15. The van der Waals surface area contributed by atoms with Crippen molar-refractivity contribution in [3.8, 4) is 0 Å². The van der Waals surface area contributed by atoms with Gasteiger partial charge in [-0.1, -0.05) is 23.2 Å². The Labute approximate surface area is 122 Å². The Morgan fingerprint density at radius 2 is 2.16 bits per heavy atom. The maximum Gasteiger partial charge on any atom is 0.255 e. The molecule has 2 aliphatic heterocycles. The van der Waals surface area contributed by atoms with Crippen LogP contribution in [0.1, 0.15) is 23.2 Å². The summed E-state index contributed by atoms with van der Waals surface area (Å²) in [5.74, 6) is 0.599. The van der Waals surface area contributed by atoms with E-state index in [0.717, 1.165) is 19.6 Å². The molecule has 2 heterocycles. The van der Waals surface area contributed by atoms with Gasteiger partial charge in [0.2, 0.25) is 0 Å². The van der Waals surface area contributed by atoms with Gasteiger partial charge in [-0.2, -0.15) is 0 Å². The molecule has 2 aliphatic rings. The number of hydrogen-bond donors (Lipinski definition) is 1. The highest BCUT2D eigenvalue weighted by Crippen LogP contribution is 2.28. The summed E-state index contributed by atoms with van der Waals surface area (Å²) in [7, 11) is 0. The molecule has 3 rings (SSSR count). The molecule has 0 bridgehead atoms. The summed E-state index contributed by atoms with van der Waals surface area (Å²) in [4.78, 5) is 14.4. The first-order valence-electron chi connectivity index (χ1n) is 6.63. The molecule has 2 fully saturated rings. The topological polar surface area (TPSA) is 32.3 Å². The van der Waals surface area contributed by atoms with Crippen molar-refractivity contribution < 1.29 is 4.79 Å². The molecule has 5 heteroatoms. The van der Waals surface area contributed by atoms with Gasteiger partial charge in [-0.15, -0.1) is 0 Å². The van der Waals surface area contributed by atoms with E-state index < -0.39 is 0 Å². The van der Waals surface area contributed by atoms with Gasteiger partial charge in [-0.05, 0) is 43.5 Å². The van der Waals surface area contributed by atoms with Crippen molar-refractivity contribution in [3.05, 3.63) is 33.8 Å². The fourth-order valence-corrected chi connectivity index (χ4v) is 3.54. The lowest BCUT2D eigenvalue weighted by Crippen LogP contribution is -2.41. The molecule has 0 aliphatic carbocycles. The average Bonchev–Trinajstić information content (AvgIpc) is 2.81. The number of fused-ring (bicyclic) bond motifs is 1. The van der Waals surface area contributed by atoms with E-state index in [1.54, 1.807) is 18.2 Å². The minimum Gasteiger partial charge on any atom is -0.337 e. The number of carbonyl (C=O) groups excluding carboxylic acids is 1. The van der Waals surface area contributed by atoms with Gasteiger partial charge < -0.3 is 10.2 Å². The summed E-state index contributed by atoms with van der Waals surface area (Å²) < 4.78 is 0. The molecule has 2 saturated heterocycles. The van der Waals surface area contributed by atoms with Gasteiger partial charge in [0, 0.05) is 24.2 Å². The van der Waals surface area contributed by atoms with Gasteiger partial charge in [0.05, 0.1) is 10.6 Å². The first-order valence-corrected chi connectivity index (χ1v) is 7.38. The second kappa shape index (κ2) is 5.31. The molecule has 1 aromatic carbocycles. The van der Waals surface area contributed by atoms with E-state index in [9.17, 15) is 4.79 Å². The number of nitrogens with zero attached hydrogens (tertiary/aromatic N) is 1. The van der Waals surface area contributed by atoms with Crippen LogP contribution in [-0.4, -0.2) is 36.5 Å². The number of carbonyl (C=O) groups is 1. The number of halogens is 2. The minimum atomic E-state index is 0.0119. The third-order valence-corrected chi connectivity index (χ3v) is 4.60. The van der Waals surface area contributed by atoms with E-state index in [0.29, 0.717) is 27.6 Å². The molecule has 0 unspecified atom stereocenters. The van der Waals surface area contributed by atoms with Crippen molar-refractivity contribution >= 4 is 29.1 Å². The Balaban J connectivity index is 1.77. The second-order valence-electron chi connectivity index (χ2n) is 5.30. The highest BCUT2D eigenvalue weighted by atomic mass is 35.5. The van der Waals surface area contributed by atoms with Crippen LogP contribution >= 0.6 is 23.2 Å². The lowest BCUT2D eigenvalue weighted by molar-refractivity contribution is 0.0786. The molecule has 0 radical (unpaired) electrons. The molecule has 19 heavy (non-hydrogen) atoms. The average molecular weight is 299 g/mol. The van der Waals surface area contributed by atoms with Crippen LogP contribution in [0.2, 0.25) is 10.0 Å². The summed E-state index contributed by atoms with van der Waals surface area (Å²) in [6.45, 7) is 2.67. The van der Waals surface area contributed by atoms with E-state index in [-0.39, 0.29) is 5.91 Å². The molecule has 0 saturated carbocycles. The molecule has 1 amide bonds. The fraction of sp³-hybridized carbons (Fsp3) is 0.500. The summed E-state index contributed by atoms with van der Waals surface area (Å²) in [6.07, 6.45) is 2.40. The Bertz CT molecular complexity index is 492. The van der Waals surface area contributed by atoms with Gasteiger partial charge in [0.25, 0.3) is 5.91 Å². The predicted molar refractivity (Wildman–Crippen MR) is 76.9 cm³/mol. The number of rotatable bonds is 1. The van der Waals surface area contributed by atoms with Crippen molar-refractivity contribution in [1.29, 1.82) is 0 Å². The number of benzene rings is 1. The van der Waals surface area contributed by atoms with E-state index in [4.69, 9.17) is 23.2 Å². The van der Waals surface area contributed by atoms with Crippen LogP contribution < -0.4 is 5.32 Å². The molecule has 0 aromatic heterocycles. The highest BCUT2D eigenvalue weighted by Gasteiger charge is 2.36. The van der Waals surface area contributed by atoms with E-state index >= 15 is 0 Å². The second-order valence-corrected chi connectivity index (χ2v) is 6.14. The Hall–Kier alpha value is -0.770. The van der Waals surface area contributed by atoms with Gasteiger partial charge in [0.1, 0.15) is 0 Å². The van der Waals surface area contributed by atoms with Crippen molar-refractivity contribution in [2.24, 2.45) is 5.92 Å². The van der Waals surface area contributed by atoms with E-state index in [1.165, 1.54) is 12.8 Å². The Morgan fingerprint density at radius 3 is 2.89 bits per heavy atom. The number of piperidine rings is 1. The molecular formula is C14H16Cl2N2O. The molecule has 1 N–H and O–H groups in total. The zero-order valence-corrected chi connectivity index (χ0v) is 12.0. The van der Waals surface area contributed by atoms with Crippen LogP contribution in [0.15, 0.2) is 18.2 Å². The van der Waals surface area contributed by atoms with Gasteiger partial charge >= 0.3 is 0 Å². The van der Waals surface area contributed by atoms with Crippen LogP contribution in [0.25, 0.3) is 0 Å². The molecule has 3 nitrogen and oxygen atoms in total. The van der Waals surface area contributed by atoms with E-state index in [2.05, 4.69) is 5.32 Å². The lowest BCUT2D eigenvalue weighted by atomic mass is 9.94. The van der Waals surface area contributed by atoms with Crippen molar-refractivity contribution in [2.45, 2.75) is 18.9 Å². The van der Waals surface area contributed by atoms with Crippen LogP contribution in [0.4, 0.5) is 0 Å². The van der Waals surface area contributed by atoms with Crippen LogP contribution in [0.3, 0.4) is 0 Å². The summed E-state index contributed by atoms with van der Waals surface area (Å²) >= 11 is 12.0. The van der Waals surface area contributed by atoms with Crippen molar-refractivity contribution in [2.75, 3.05) is 19.6 Å². The maximum atomic E-state index is 12.5. The van der Waals surface area contributed by atoms with Crippen molar-refractivity contribution in [3.63, 3.8) is 0 Å². The number of nitrogens with one attached hydrogen (secondary N) is 1. The number of amides is 1. The Morgan fingerprint density at radius 1 is 1.32 bits per heavy atom. The molecule has 102 valence electrons. The molecule has 1 aromatic rings. The third-order valence-electron chi connectivity index (χ3n) is 4.05. The predicted octanol–water partition coefficient (Wildman–Crippen LogP) is 2.82. The smallest absolute Gasteiger partial charge is 0.255 e. The van der Waals surface area contributed by atoms with Gasteiger partial charge in [-0.25, -0.2) is 0 Å². The Kier molecular flexibility index (Phi) is 3.70. The molecular weight excluding hydrogens is 283 g/mol. The maximum absolute atomic E-state index is 12.5. The summed E-state index contributed by atoms with van der Waals surface area (Å²) in [6, 6.07) is 5.49. The fourth-order valence-electron chi connectivity index (χ4n) is 3.05. The van der Waals surface area contributed by atoms with Gasteiger partial charge in [-0.3, -0.25) is 4.79 Å². The first kappa shape index (κ1) is 13.2. The number of hydrogen-bond acceptors (Lipinski definition) is 2. The lowest BCUT2D eigenvalue weighted by Gasteiger charge is -2.24. The third kappa shape index (κ3) is 2.60. The van der Waals surface area contributed by atoms with E-state index in [1.807, 2.05) is 4.90 Å². The zero-order valence-electron chi connectivity index (χ0n) is 10.5. The van der Waals surface area contributed by atoms with Crippen LogP contribution in [0.5, 0.6) is 0 Å². The normalized spacial score (nSPS) is 26.3. The molecule has 0 spiro atoms. The molecule has 2 atom stereocenters. The highest BCUT2D eigenvalue weighted by molar-refractivity contribution is 6.36. The quantitative estimate of drug-likeness (QED) is 0.865. The van der Waals surface area contributed by atoms with Crippen LogP contribution in [-0.2, 0) is 0 Å². The monoisotopic (exact) mass is 298 g/mol. The number of likely N-dealkylation sites (tertiary alicyclic amines) is 1. The SMILES string of the molecule is O=C(c1ccc(Cl)cc1Cl)N1C[C@@H]2CCCN[C@@H]2C1. The standard InChI is InChI=1S/C14H16Cl2N2O/c15-10-3-4-11(12(16)6-10)14(19)18-7-9-2-1-5-17-13(9)8-18/h3-4,6,9,13,17H,1-2,5,7-8H2/t9-,13+/m0/s1. The summed E-state index contributed by atoms with van der Waals surface area (Å²) in [5.41, 5.74) is 0.546. The van der Waals surface area contributed by atoms with Crippen LogP contribution in [0, 0.1) is 5.92 Å².